The number of hydrogen-bond acceptors (Lipinski definition) is 4. The lowest BCUT2D eigenvalue weighted by Crippen LogP contribution is -2.24. The fourth-order valence-corrected chi connectivity index (χ4v) is 1.62. The molecular weight excluding hydrogens is 242 g/mol. The molecule has 0 N–H and O–H groups in total. The summed E-state index contributed by atoms with van der Waals surface area (Å²) in [5, 5.41) is 0. The van der Waals surface area contributed by atoms with E-state index in [-0.39, 0.29) is 11.3 Å². The molecule has 0 atom stereocenters. The Hall–Kier alpha value is -1.56. The Bertz CT molecular complexity index is 496. The van der Waals surface area contributed by atoms with Gasteiger partial charge < -0.3 is 4.74 Å². The number of benzene rings is 1. The molecule has 0 aliphatic heterocycles. The first kappa shape index (κ1) is 13.5. The predicted molar refractivity (Wildman–Crippen MR) is 63.5 cm³/mol. The Morgan fingerprint density at radius 3 is 2.65 bits per heavy atom. The lowest BCUT2D eigenvalue weighted by molar-refractivity contribution is 0.0978. The van der Waals surface area contributed by atoms with E-state index in [2.05, 4.69) is 4.72 Å². The maximum absolute atomic E-state index is 11.6. The van der Waals surface area contributed by atoms with Crippen molar-refractivity contribution in [2.45, 2.75) is 13.8 Å². The highest BCUT2D eigenvalue weighted by Crippen LogP contribution is 2.13. The van der Waals surface area contributed by atoms with Gasteiger partial charge in [-0.15, -0.1) is 4.72 Å². The zero-order valence-electron chi connectivity index (χ0n) is 9.71. The maximum Gasteiger partial charge on any atom is 0.287 e. The third kappa shape index (κ3) is 4.07. The molecule has 0 aromatic heterocycles. The first-order chi connectivity index (χ1) is 7.98. The van der Waals surface area contributed by atoms with E-state index < -0.39 is 15.9 Å². The minimum absolute atomic E-state index is 0.191. The molecule has 0 aliphatic rings. The first-order valence-electron chi connectivity index (χ1n) is 5.21. The number of carbonyl (C=O) groups excluding carboxylic acids is 1. The third-order valence-electron chi connectivity index (χ3n) is 1.98. The Balaban J connectivity index is 2.86. The monoisotopic (exact) mass is 256 g/mol. The van der Waals surface area contributed by atoms with E-state index in [0.717, 1.165) is 0 Å². The van der Waals surface area contributed by atoms with Gasteiger partial charge in [0.1, 0.15) is 5.75 Å². The van der Waals surface area contributed by atoms with Gasteiger partial charge in [-0.1, -0.05) is 6.07 Å². The molecule has 6 heteroatoms. The van der Waals surface area contributed by atoms with Crippen LogP contribution in [0.4, 0.5) is 0 Å². The van der Waals surface area contributed by atoms with Crippen LogP contribution in [-0.2, 0) is 10.0 Å². The molecule has 0 saturated heterocycles. The van der Waals surface area contributed by atoms with Crippen LogP contribution in [0.3, 0.4) is 0 Å². The van der Waals surface area contributed by atoms with Crippen LogP contribution < -0.4 is 9.46 Å². The summed E-state index contributed by atoms with van der Waals surface area (Å²) < 4.78 is 30.7. The van der Waals surface area contributed by atoms with Gasteiger partial charge in [0.05, 0.1) is 12.4 Å². The van der Waals surface area contributed by atoms with Crippen molar-refractivity contribution >= 4 is 15.9 Å². The van der Waals surface area contributed by atoms with Crippen molar-refractivity contribution in [2.24, 2.45) is 0 Å². The smallest absolute Gasteiger partial charge is 0.287 e. The SMILES string of the molecule is CCOc1cccc(C(=O)[N]S(=O)(=O)CC)c1. The molecular formula is C11H14NO4S. The first-order valence-corrected chi connectivity index (χ1v) is 6.82. The number of hydrogen-bond donors (Lipinski definition) is 0. The molecule has 1 aromatic carbocycles. The minimum Gasteiger partial charge on any atom is -0.494 e. The summed E-state index contributed by atoms with van der Waals surface area (Å²) in [5.41, 5.74) is 0.202. The van der Waals surface area contributed by atoms with Gasteiger partial charge in [-0.05, 0) is 32.0 Å². The van der Waals surface area contributed by atoms with Gasteiger partial charge in [-0.2, -0.15) is 0 Å². The van der Waals surface area contributed by atoms with Gasteiger partial charge in [0.15, 0.2) is 0 Å². The average molecular weight is 256 g/mol. The lowest BCUT2D eigenvalue weighted by atomic mass is 10.2. The maximum atomic E-state index is 11.6. The van der Waals surface area contributed by atoms with Crippen LogP contribution >= 0.6 is 0 Å². The molecule has 5 nitrogen and oxygen atoms in total. The molecule has 0 aliphatic carbocycles. The van der Waals surface area contributed by atoms with Crippen molar-refractivity contribution in [2.75, 3.05) is 12.4 Å². The van der Waals surface area contributed by atoms with Gasteiger partial charge in [0.2, 0.25) is 0 Å². The van der Waals surface area contributed by atoms with Crippen molar-refractivity contribution in [1.29, 1.82) is 0 Å². The van der Waals surface area contributed by atoms with E-state index in [9.17, 15) is 13.2 Å². The van der Waals surface area contributed by atoms with Gasteiger partial charge in [0.25, 0.3) is 15.9 Å². The second-order valence-corrected chi connectivity index (χ2v) is 5.15. The molecule has 0 unspecified atom stereocenters. The van der Waals surface area contributed by atoms with Crippen LogP contribution in [0.25, 0.3) is 0 Å². The van der Waals surface area contributed by atoms with Crippen LogP contribution in [0.2, 0.25) is 0 Å². The van der Waals surface area contributed by atoms with Crippen molar-refractivity contribution in [1.82, 2.24) is 4.72 Å². The van der Waals surface area contributed by atoms with Crippen LogP contribution in [0.15, 0.2) is 24.3 Å². The second-order valence-electron chi connectivity index (χ2n) is 3.23. The van der Waals surface area contributed by atoms with Crippen LogP contribution in [-0.4, -0.2) is 26.7 Å². The number of sulfonamides is 1. The summed E-state index contributed by atoms with van der Waals surface area (Å²) in [6.07, 6.45) is 0. The third-order valence-corrected chi connectivity index (χ3v) is 3.15. The quantitative estimate of drug-likeness (QED) is 0.792. The molecule has 1 rings (SSSR count). The molecule has 0 spiro atoms. The number of nitrogens with zero attached hydrogens (tertiary/aromatic N) is 1. The largest absolute Gasteiger partial charge is 0.494 e. The standard InChI is InChI=1S/C11H14NO4S/c1-3-16-10-7-5-6-9(8-10)11(13)12-17(14,15)4-2/h5-8H,3-4H2,1-2H3. The van der Waals surface area contributed by atoms with Gasteiger partial charge in [0, 0.05) is 5.56 Å². The molecule has 0 heterocycles. The van der Waals surface area contributed by atoms with Gasteiger partial charge in [-0.25, -0.2) is 8.42 Å². The summed E-state index contributed by atoms with van der Waals surface area (Å²) in [6.45, 7) is 3.73. The van der Waals surface area contributed by atoms with E-state index in [1.165, 1.54) is 19.1 Å². The normalized spacial score (nSPS) is 10.9. The second kappa shape index (κ2) is 5.67. The molecule has 1 radical (unpaired) electrons. The topological polar surface area (TPSA) is 74.5 Å². The van der Waals surface area contributed by atoms with Crippen molar-refractivity contribution < 1.29 is 17.9 Å². The molecule has 93 valence electrons. The molecule has 0 fully saturated rings. The van der Waals surface area contributed by atoms with Crippen LogP contribution in [0.5, 0.6) is 5.75 Å². The van der Waals surface area contributed by atoms with Crippen LogP contribution in [0.1, 0.15) is 24.2 Å². The van der Waals surface area contributed by atoms with E-state index in [1.807, 2.05) is 6.92 Å². The zero-order valence-corrected chi connectivity index (χ0v) is 10.5. The van der Waals surface area contributed by atoms with Crippen molar-refractivity contribution in [3.63, 3.8) is 0 Å². The number of carbonyl (C=O) groups is 1. The molecule has 17 heavy (non-hydrogen) atoms. The average Bonchev–Trinajstić information content (AvgIpc) is 2.29. The predicted octanol–water partition coefficient (Wildman–Crippen LogP) is 1.18. The van der Waals surface area contributed by atoms with E-state index in [4.69, 9.17) is 4.74 Å². The van der Waals surface area contributed by atoms with Crippen LogP contribution in [0, 0.1) is 0 Å². The molecule has 1 amide bonds. The highest BCUT2D eigenvalue weighted by Gasteiger charge is 2.17. The summed E-state index contributed by atoms with van der Waals surface area (Å²) in [5.74, 6) is -0.444. The Morgan fingerprint density at radius 2 is 2.06 bits per heavy atom. The van der Waals surface area contributed by atoms with E-state index in [0.29, 0.717) is 12.4 Å². The van der Waals surface area contributed by atoms with E-state index in [1.54, 1.807) is 12.1 Å². The number of amides is 1. The van der Waals surface area contributed by atoms with Crippen molar-refractivity contribution in [3.05, 3.63) is 29.8 Å². The Labute approximate surface area is 101 Å². The number of ether oxygens (including phenoxy) is 1. The summed E-state index contributed by atoms with van der Waals surface area (Å²) in [4.78, 5) is 11.6. The van der Waals surface area contributed by atoms with Gasteiger partial charge >= 0.3 is 0 Å². The Morgan fingerprint density at radius 1 is 1.35 bits per heavy atom. The summed E-state index contributed by atoms with van der Waals surface area (Å²) in [7, 11) is -3.66. The number of rotatable bonds is 5. The lowest BCUT2D eigenvalue weighted by Gasteiger charge is -2.05. The summed E-state index contributed by atoms with van der Waals surface area (Å²) in [6, 6.07) is 6.28. The minimum atomic E-state index is -3.66. The zero-order chi connectivity index (χ0) is 12.9. The highest BCUT2D eigenvalue weighted by molar-refractivity contribution is 7.89. The molecule has 1 aromatic rings. The fraction of sp³-hybridized carbons (Fsp3) is 0.364. The van der Waals surface area contributed by atoms with Crippen molar-refractivity contribution in [3.8, 4) is 5.75 Å². The molecule has 0 bridgehead atoms. The van der Waals surface area contributed by atoms with E-state index >= 15 is 0 Å². The Kier molecular flexibility index (Phi) is 4.51. The fourth-order valence-electron chi connectivity index (χ4n) is 1.13. The van der Waals surface area contributed by atoms with Gasteiger partial charge in [-0.3, -0.25) is 4.79 Å². The highest BCUT2D eigenvalue weighted by atomic mass is 32.2. The summed E-state index contributed by atoms with van der Waals surface area (Å²) >= 11 is 0. The molecule has 0 saturated carbocycles.